The van der Waals surface area contributed by atoms with Crippen molar-refractivity contribution in [3.8, 4) is 11.4 Å². The summed E-state index contributed by atoms with van der Waals surface area (Å²) in [6.07, 6.45) is 8.38. The Morgan fingerprint density at radius 1 is 0.929 bits per heavy atom. The quantitative estimate of drug-likeness (QED) is 0.560. The maximum absolute atomic E-state index is 4.74. The summed E-state index contributed by atoms with van der Waals surface area (Å²) in [7, 11) is 8.16. The van der Waals surface area contributed by atoms with Crippen LogP contribution in [0.3, 0.4) is 0 Å². The van der Waals surface area contributed by atoms with E-state index in [4.69, 9.17) is 4.98 Å². The van der Waals surface area contributed by atoms with E-state index in [0.717, 1.165) is 28.2 Å². The van der Waals surface area contributed by atoms with Crippen LogP contribution in [0.2, 0.25) is 0 Å². The van der Waals surface area contributed by atoms with Crippen molar-refractivity contribution in [3.05, 3.63) is 72.2 Å². The van der Waals surface area contributed by atoms with Gasteiger partial charge in [-0.05, 0) is 47.0 Å². The molecule has 0 spiro atoms. The van der Waals surface area contributed by atoms with Crippen LogP contribution in [0.4, 0.5) is 5.69 Å². The minimum atomic E-state index is 0.877. The molecule has 0 atom stereocenters. The van der Waals surface area contributed by atoms with Crippen molar-refractivity contribution in [1.82, 2.24) is 9.97 Å². The number of aromatic amines is 1. The molecule has 4 rings (SSSR count). The van der Waals surface area contributed by atoms with E-state index in [-0.39, 0.29) is 0 Å². The maximum atomic E-state index is 4.74. The minimum absolute atomic E-state index is 0.877. The van der Waals surface area contributed by atoms with E-state index in [1.807, 2.05) is 29.9 Å². The lowest BCUT2D eigenvalue weighted by molar-refractivity contribution is -0.672. The van der Waals surface area contributed by atoms with Gasteiger partial charge >= 0.3 is 5.65 Å². The zero-order valence-electron chi connectivity index (χ0n) is 16.7. The zero-order chi connectivity index (χ0) is 19.7. The molecule has 0 aliphatic heterocycles. The van der Waals surface area contributed by atoms with Crippen LogP contribution >= 0.6 is 0 Å². The predicted octanol–water partition coefficient (Wildman–Crippen LogP) is 3.12. The molecular weight excluding hydrogens is 346 g/mol. The topological polar surface area (TPSA) is 39.7 Å². The fraction of sp³-hybridized carbons (Fsp3) is 0.174. The van der Waals surface area contributed by atoms with E-state index in [9.17, 15) is 0 Å². The fourth-order valence-electron chi connectivity index (χ4n) is 3.24. The summed E-state index contributed by atoms with van der Waals surface area (Å²) in [6, 6.07) is 16.8. The van der Waals surface area contributed by atoms with Crippen molar-refractivity contribution >= 4 is 29.0 Å². The SMILES string of the molecule is CN(C)c1ccc(/C=C/c2ccc(-c3nc4c(ccc[n+]4C)[nH]3)c[n+]2C)cc1. The molecule has 28 heavy (non-hydrogen) atoms. The second kappa shape index (κ2) is 7.27. The largest absolute Gasteiger partial charge is 0.378 e. The number of aromatic nitrogens is 4. The molecule has 0 aliphatic carbocycles. The average Bonchev–Trinajstić information content (AvgIpc) is 3.13. The molecule has 5 heteroatoms. The normalized spacial score (nSPS) is 11.4. The first kappa shape index (κ1) is 17.9. The second-order valence-electron chi connectivity index (χ2n) is 7.21. The number of hydrogen-bond donors (Lipinski definition) is 1. The molecule has 4 aromatic rings. The molecule has 3 aromatic heterocycles. The van der Waals surface area contributed by atoms with Crippen molar-refractivity contribution in [2.24, 2.45) is 14.1 Å². The van der Waals surface area contributed by atoms with Gasteiger partial charge in [0, 0.05) is 31.9 Å². The summed E-state index contributed by atoms with van der Waals surface area (Å²) in [5.74, 6) is 0.877. The molecule has 0 bridgehead atoms. The molecular formula is C23H25N5+2. The summed E-state index contributed by atoms with van der Waals surface area (Å²) >= 11 is 0. The smallest absolute Gasteiger partial charge is 0.349 e. The Bertz CT molecular complexity index is 1150. The van der Waals surface area contributed by atoms with Crippen molar-refractivity contribution < 1.29 is 9.13 Å². The third-order valence-electron chi connectivity index (χ3n) is 4.92. The second-order valence-corrected chi connectivity index (χ2v) is 7.21. The minimum Gasteiger partial charge on any atom is -0.378 e. The fourth-order valence-corrected chi connectivity index (χ4v) is 3.24. The number of imidazole rings is 1. The van der Waals surface area contributed by atoms with E-state index >= 15 is 0 Å². The lowest BCUT2D eigenvalue weighted by Gasteiger charge is -2.11. The lowest BCUT2D eigenvalue weighted by atomic mass is 10.1. The van der Waals surface area contributed by atoms with Crippen LogP contribution in [0.1, 0.15) is 11.3 Å². The van der Waals surface area contributed by atoms with Gasteiger partial charge in [0.25, 0.3) is 5.82 Å². The first-order chi connectivity index (χ1) is 13.5. The molecule has 140 valence electrons. The van der Waals surface area contributed by atoms with Gasteiger partial charge in [-0.2, -0.15) is 0 Å². The number of pyridine rings is 2. The van der Waals surface area contributed by atoms with Crippen LogP contribution in [0.5, 0.6) is 0 Å². The first-order valence-corrected chi connectivity index (χ1v) is 9.31. The standard InChI is InChI=1S/C23H24N5/c1-26(2)19-11-7-17(8-12-19)9-13-20-14-10-18(16-28(20)4)22-24-21-6-5-15-27(3)23(21)25-22/h5-16H,1-4H3/q+1/p+1. The first-order valence-electron chi connectivity index (χ1n) is 9.31. The van der Waals surface area contributed by atoms with Gasteiger partial charge < -0.3 is 9.88 Å². The summed E-state index contributed by atoms with van der Waals surface area (Å²) < 4.78 is 4.14. The Balaban J connectivity index is 1.59. The van der Waals surface area contributed by atoms with Gasteiger partial charge in [0.2, 0.25) is 5.69 Å². The molecule has 0 amide bonds. The number of fused-ring (bicyclic) bond motifs is 1. The van der Waals surface area contributed by atoms with Crippen LogP contribution in [0.25, 0.3) is 34.7 Å². The highest BCUT2D eigenvalue weighted by Gasteiger charge is 2.18. The monoisotopic (exact) mass is 371 g/mol. The zero-order valence-corrected chi connectivity index (χ0v) is 16.7. The Hall–Kier alpha value is -3.47. The van der Waals surface area contributed by atoms with E-state index in [1.165, 1.54) is 11.3 Å². The molecule has 0 unspecified atom stereocenters. The van der Waals surface area contributed by atoms with E-state index in [2.05, 4.69) is 90.3 Å². The van der Waals surface area contributed by atoms with E-state index < -0.39 is 0 Å². The molecule has 5 nitrogen and oxygen atoms in total. The van der Waals surface area contributed by atoms with Crippen molar-refractivity contribution in [2.45, 2.75) is 0 Å². The summed E-state index contributed by atoms with van der Waals surface area (Å²) in [6.45, 7) is 0. The number of nitrogens with zero attached hydrogens (tertiary/aromatic N) is 4. The number of anilines is 1. The third kappa shape index (κ3) is 3.51. The molecule has 0 radical (unpaired) electrons. The van der Waals surface area contributed by atoms with Crippen molar-refractivity contribution in [3.63, 3.8) is 0 Å². The van der Waals surface area contributed by atoms with Crippen LogP contribution in [0, 0.1) is 0 Å². The third-order valence-corrected chi connectivity index (χ3v) is 4.92. The lowest BCUT2D eigenvalue weighted by Crippen LogP contribution is -2.31. The Morgan fingerprint density at radius 2 is 1.71 bits per heavy atom. The van der Waals surface area contributed by atoms with Gasteiger partial charge in [-0.1, -0.05) is 12.1 Å². The van der Waals surface area contributed by atoms with Crippen LogP contribution in [-0.4, -0.2) is 24.1 Å². The number of hydrogen-bond acceptors (Lipinski definition) is 2. The van der Waals surface area contributed by atoms with Gasteiger partial charge in [0.05, 0.1) is 13.2 Å². The van der Waals surface area contributed by atoms with E-state index in [0.29, 0.717) is 0 Å². The highest BCUT2D eigenvalue weighted by atomic mass is 15.1. The van der Waals surface area contributed by atoms with Crippen LogP contribution in [0.15, 0.2) is 60.9 Å². The van der Waals surface area contributed by atoms with E-state index in [1.54, 1.807) is 0 Å². The number of rotatable bonds is 4. The Morgan fingerprint density at radius 3 is 2.39 bits per heavy atom. The summed E-state index contributed by atoms with van der Waals surface area (Å²) in [4.78, 5) is 10.2. The van der Waals surface area contributed by atoms with Crippen molar-refractivity contribution in [2.75, 3.05) is 19.0 Å². The predicted molar refractivity (Wildman–Crippen MR) is 114 cm³/mol. The van der Waals surface area contributed by atoms with Gasteiger partial charge in [-0.3, -0.25) is 0 Å². The summed E-state index contributed by atoms with van der Waals surface area (Å²) in [5, 5.41) is 0. The van der Waals surface area contributed by atoms with Crippen molar-refractivity contribution in [1.29, 1.82) is 0 Å². The molecule has 0 aliphatic rings. The number of benzene rings is 1. The number of H-pyrrole nitrogens is 1. The van der Waals surface area contributed by atoms with Gasteiger partial charge in [-0.15, -0.1) is 0 Å². The maximum Gasteiger partial charge on any atom is 0.349 e. The Labute approximate surface area is 165 Å². The average molecular weight is 371 g/mol. The molecule has 3 heterocycles. The Kier molecular flexibility index (Phi) is 4.65. The molecule has 1 N–H and O–H groups in total. The van der Waals surface area contributed by atoms with Gasteiger partial charge in [0.15, 0.2) is 6.20 Å². The van der Waals surface area contributed by atoms with Crippen LogP contribution in [-0.2, 0) is 14.1 Å². The highest BCUT2D eigenvalue weighted by Crippen LogP contribution is 2.18. The molecule has 0 fully saturated rings. The number of aryl methyl sites for hydroxylation is 2. The highest BCUT2D eigenvalue weighted by molar-refractivity contribution is 5.73. The van der Waals surface area contributed by atoms with Gasteiger partial charge in [0.1, 0.15) is 18.1 Å². The van der Waals surface area contributed by atoms with Gasteiger partial charge in [-0.25, -0.2) is 9.13 Å². The molecule has 1 aromatic carbocycles. The summed E-state index contributed by atoms with van der Waals surface area (Å²) in [5.41, 5.74) is 6.55. The molecule has 0 saturated carbocycles. The molecule has 0 saturated heterocycles. The van der Waals surface area contributed by atoms with Crippen LogP contribution < -0.4 is 14.0 Å². The number of nitrogens with one attached hydrogen (secondary N) is 1.